The summed E-state index contributed by atoms with van der Waals surface area (Å²) in [5.41, 5.74) is 12.2. The Morgan fingerprint density at radius 1 is 1.12 bits per heavy atom. The largest absolute Gasteiger partial charge is 0.340 e. The lowest BCUT2D eigenvalue weighted by molar-refractivity contribution is 0.824. The van der Waals surface area contributed by atoms with Crippen LogP contribution in [0.1, 0.15) is 34.0 Å². The molecule has 1 heterocycles. The van der Waals surface area contributed by atoms with Crippen molar-refractivity contribution in [3.63, 3.8) is 0 Å². The second kappa shape index (κ2) is 4.34. The lowest BCUT2D eigenvalue weighted by atomic mass is 9.95. The molecule has 0 bridgehead atoms. The molecule has 0 aliphatic rings. The Kier molecular flexibility index (Phi) is 3.03. The van der Waals surface area contributed by atoms with Gasteiger partial charge >= 0.3 is 0 Å². The minimum Gasteiger partial charge on any atom is -0.340 e. The van der Waals surface area contributed by atoms with Crippen molar-refractivity contribution >= 4 is 0 Å². The van der Waals surface area contributed by atoms with E-state index in [2.05, 4.69) is 37.9 Å². The molecule has 1 unspecified atom stereocenters. The first-order chi connectivity index (χ1) is 7.99. The maximum absolute atomic E-state index is 6.27. The maximum atomic E-state index is 6.27. The molecule has 0 aliphatic carbocycles. The maximum Gasteiger partial charge on any atom is 0.0947 e. The fraction of sp³-hybridized carbons (Fsp3) is 0.357. The summed E-state index contributed by atoms with van der Waals surface area (Å²) in [7, 11) is 1.95. The molecule has 2 aromatic rings. The number of nitrogens with two attached hydrogens (primary N) is 1. The Balaban J connectivity index is 2.43. The molecular weight excluding hydrogens is 210 g/mol. The highest BCUT2D eigenvalue weighted by atomic mass is 15.0. The van der Waals surface area contributed by atoms with E-state index in [1.54, 1.807) is 6.33 Å². The van der Waals surface area contributed by atoms with Crippen LogP contribution >= 0.6 is 0 Å². The van der Waals surface area contributed by atoms with Crippen molar-refractivity contribution in [2.75, 3.05) is 0 Å². The first-order valence-electron chi connectivity index (χ1n) is 5.80. The molecule has 0 saturated carbocycles. The van der Waals surface area contributed by atoms with Gasteiger partial charge in [0, 0.05) is 13.2 Å². The van der Waals surface area contributed by atoms with Gasteiger partial charge in [-0.2, -0.15) is 0 Å². The highest BCUT2D eigenvalue weighted by molar-refractivity contribution is 5.40. The third-order valence-electron chi connectivity index (χ3n) is 3.26. The van der Waals surface area contributed by atoms with Crippen LogP contribution in [0, 0.1) is 20.8 Å². The van der Waals surface area contributed by atoms with Crippen LogP contribution < -0.4 is 5.73 Å². The first-order valence-corrected chi connectivity index (χ1v) is 5.80. The highest BCUT2D eigenvalue weighted by Crippen LogP contribution is 2.24. The molecular formula is C14H19N3. The van der Waals surface area contributed by atoms with Crippen LogP contribution in [0.25, 0.3) is 0 Å². The van der Waals surface area contributed by atoms with Crippen LogP contribution in [-0.2, 0) is 7.05 Å². The summed E-state index contributed by atoms with van der Waals surface area (Å²) >= 11 is 0. The summed E-state index contributed by atoms with van der Waals surface area (Å²) in [4.78, 5) is 4.32. The molecule has 90 valence electrons. The Morgan fingerprint density at radius 3 is 2.35 bits per heavy atom. The van der Waals surface area contributed by atoms with Crippen molar-refractivity contribution in [3.8, 4) is 0 Å². The molecule has 0 spiro atoms. The van der Waals surface area contributed by atoms with Crippen molar-refractivity contribution in [2.45, 2.75) is 26.8 Å². The van der Waals surface area contributed by atoms with E-state index in [0.29, 0.717) is 0 Å². The summed E-state index contributed by atoms with van der Waals surface area (Å²) in [5, 5.41) is 0. The fourth-order valence-electron chi connectivity index (χ4n) is 2.07. The second-order valence-corrected chi connectivity index (χ2v) is 4.73. The van der Waals surface area contributed by atoms with E-state index >= 15 is 0 Å². The molecule has 3 heteroatoms. The number of rotatable bonds is 2. The summed E-state index contributed by atoms with van der Waals surface area (Å²) in [6, 6.07) is 4.22. The lowest BCUT2D eigenvalue weighted by Crippen LogP contribution is -2.14. The van der Waals surface area contributed by atoms with E-state index in [0.717, 1.165) is 11.3 Å². The van der Waals surface area contributed by atoms with Gasteiger partial charge in [0.25, 0.3) is 0 Å². The van der Waals surface area contributed by atoms with Gasteiger partial charge in [-0.05, 0) is 43.0 Å². The Labute approximate surface area is 102 Å². The highest BCUT2D eigenvalue weighted by Gasteiger charge is 2.14. The van der Waals surface area contributed by atoms with Crippen LogP contribution in [0.2, 0.25) is 0 Å². The summed E-state index contributed by atoms with van der Waals surface area (Å²) in [6.07, 6.45) is 3.75. The van der Waals surface area contributed by atoms with Crippen LogP contribution in [-0.4, -0.2) is 9.55 Å². The second-order valence-electron chi connectivity index (χ2n) is 4.73. The Hall–Kier alpha value is -1.61. The number of nitrogens with zero attached hydrogens (tertiary/aromatic N) is 2. The molecule has 1 aromatic carbocycles. The van der Waals surface area contributed by atoms with E-state index in [1.807, 2.05) is 17.8 Å². The van der Waals surface area contributed by atoms with Crippen LogP contribution in [0.5, 0.6) is 0 Å². The van der Waals surface area contributed by atoms with Crippen molar-refractivity contribution in [1.82, 2.24) is 9.55 Å². The Morgan fingerprint density at radius 2 is 1.76 bits per heavy atom. The smallest absolute Gasteiger partial charge is 0.0947 e. The molecule has 0 saturated heterocycles. The number of hydrogen-bond donors (Lipinski definition) is 1. The van der Waals surface area contributed by atoms with E-state index in [4.69, 9.17) is 5.73 Å². The van der Waals surface area contributed by atoms with Crippen LogP contribution in [0.15, 0.2) is 24.7 Å². The quantitative estimate of drug-likeness (QED) is 0.859. The van der Waals surface area contributed by atoms with Gasteiger partial charge in [0.2, 0.25) is 0 Å². The zero-order valence-electron chi connectivity index (χ0n) is 10.9. The van der Waals surface area contributed by atoms with Crippen molar-refractivity contribution in [3.05, 3.63) is 52.6 Å². The van der Waals surface area contributed by atoms with Gasteiger partial charge < -0.3 is 10.3 Å². The van der Waals surface area contributed by atoms with Gasteiger partial charge in [0.05, 0.1) is 18.1 Å². The van der Waals surface area contributed by atoms with Gasteiger partial charge in [0.15, 0.2) is 0 Å². The minimum atomic E-state index is -0.143. The first kappa shape index (κ1) is 11.9. The number of imidazole rings is 1. The standard InChI is InChI=1S/C14H19N3/c1-9-5-11(3)12(6-10(9)2)14(15)13-7-17(4)8-16-13/h5-8,14H,15H2,1-4H3. The number of benzene rings is 1. The molecule has 0 radical (unpaired) electrons. The van der Waals surface area contributed by atoms with Gasteiger partial charge in [-0.15, -0.1) is 0 Å². The normalized spacial score (nSPS) is 12.8. The zero-order chi connectivity index (χ0) is 12.6. The van der Waals surface area contributed by atoms with Gasteiger partial charge in [-0.25, -0.2) is 4.98 Å². The molecule has 0 fully saturated rings. The minimum absolute atomic E-state index is 0.143. The third-order valence-corrected chi connectivity index (χ3v) is 3.26. The predicted molar refractivity (Wildman–Crippen MR) is 69.9 cm³/mol. The van der Waals surface area contributed by atoms with E-state index in [9.17, 15) is 0 Å². The topological polar surface area (TPSA) is 43.8 Å². The van der Waals surface area contributed by atoms with Crippen molar-refractivity contribution in [1.29, 1.82) is 0 Å². The average Bonchev–Trinajstić information content (AvgIpc) is 2.69. The zero-order valence-corrected chi connectivity index (χ0v) is 10.9. The molecule has 2 N–H and O–H groups in total. The molecule has 0 aliphatic heterocycles. The third kappa shape index (κ3) is 2.24. The summed E-state index contributed by atoms with van der Waals surface area (Å²) in [6.45, 7) is 6.34. The molecule has 17 heavy (non-hydrogen) atoms. The SMILES string of the molecule is Cc1cc(C)c(C(N)c2cn(C)cn2)cc1C. The van der Waals surface area contributed by atoms with Gasteiger partial charge in [-0.1, -0.05) is 12.1 Å². The number of aromatic nitrogens is 2. The fourth-order valence-corrected chi connectivity index (χ4v) is 2.07. The molecule has 0 amide bonds. The molecule has 2 rings (SSSR count). The average molecular weight is 229 g/mol. The number of hydrogen-bond acceptors (Lipinski definition) is 2. The monoisotopic (exact) mass is 229 g/mol. The van der Waals surface area contributed by atoms with Crippen LogP contribution in [0.3, 0.4) is 0 Å². The summed E-state index contributed by atoms with van der Waals surface area (Å²) in [5.74, 6) is 0. The van der Waals surface area contributed by atoms with E-state index in [-0.39, 0.29) is 6.04 Å². The predicted octanol–water partition coefficient (Wildman–Crippen LogP) is 2.39. The molecule has 1 atom stereocenters. The van der Waals surface area contributed by atoms with E-state index < -0.39 is 0 Å². The van der Waals surface area contributed by atoms with Crippen molar-refractivity contribution in [2.24, 2.45) is 12.8 Å². The van der Waals surface area contributed by atoms with Crippen molar-refractivity contribution < 1.29 is 0 Å². The summed E-state index contributed by atoms with van der Waals surface area (Å²) < 4.78 is 1.92. The number of aryl methyl sites for hydroxylation is 4. The molecule has 3 nitrogen and oxygen atoms in total. The van der Waals surface area contributed by atoms with E-state index in [1.165, 1.54) is 16.7 Å². The molecule has 1 aromatic heterocycles. The van der Waals surface area contributed by atoms with Gasteiger partial charge in [-0.3, -0.25) is 0 Å². The van der Waals surface area contributed by atoms with Gasteiger partial charge in [0.1, 0.15) is 0 Å². The van der Waals surface area contributed by atoms with Crippen LogP contribution in [0.4, 0.5) is 0 Å². The Bertz CT molecular complexity index is 540. The lowest BCUT2D eigenvalue weighted by Gasteiger charge is -2.15.